The highest BCUT2D eigenvalue weighted by Crippen LogP contribution is 2.23. The minimum Gasteiger partial charge on any atom is -0.0616 e. The topological polar surface area (TPSA) is 0 Å². The van der Waals surface area contributed by atoms with E-state index in [-0.39, 0.29) is 0 Å². The van der Waals surface area contributed by atoms with Gasteiger partial charge in [0.25, 0.3) is 0 Å². The third kappa shape index (κ3) is 1.17. The Morgan fingerprint density at radius 2 is 1.36 bits per heavy atom. The highest BCUT2D eigenvalue weighted by Gasteiger charge is 2.00. The highest BCUT2D eigenvalue weighted by atomic mass is 32.1. The Kier molecular flexibility index (Phi) is 1.71. The lowest BCUT2D eigenvalue weighted by Gasteiger charge is -1.98. The van der Waals surface area contributed by atoms with Crippen molar-refractivity contribution in [1.82, 2.24) is 0 Å². The lowest BCUT2D eigenvalue weighted by atomic mass is 10.1. The molecule has 0 nitrogen and oxygen atoms in total. The minimum absolute atomic E-state index is 1.32. The number of hydrogen-bond acceptors (Lipinski definition) is 0. The molecule has 3 rings (SSSR count). The van der Waals surface area contributed by atoms with E-state index in [0.29, 0.717) is 0 Å². The van der Waals surface area contributed by atoms with Crippen LogP contribution in [0.3, 0.4) is 0 Å². The summed E-state index contributed by atoms with van der Waals surface area (Å²) in [5.74, 6) is 0. The molecule has 0 aliphatic carbocycles. The SMILES string of the molecule is c1ccc2cc3c[s+]ccc3cc2c1. The van der Waals surface area contributed by atoms with Crippen molar-refractivity contribution in [3.8, 4) is 0 Å². The van der Waals surface area contributed by atoms with Gasteiger partial charge in [0.05, 0.1) is 0 Å². The van der Waals surface area contributed by atoms with Gasteiger partial charge in [-0.05, 0) is 28.3 Å². The maximum Gasteiger partial charge on any atom is 0.212 e. The second kappa shape index (κ2) is 3.03. The van der Waals surface area contributed by atoms with E-state index in [1.54, 1.807) is 11.3 Å². The van der Waals surface area contributed by atoms with Gasteiger partial charge in [-0.25, -0.2) is 0 Å². The van der Waals surface area contributed by atoms with E-state index in [1.165, 1.54) is 21.5 Å². The predicted octanol–water partition coefficient (Wildman–Crippen LogP) is 4.34. The highest BCUT2D eigenvalue weighted by molar-refractivity contribution is 7.08. The summed E-state index contributed by atoms with van der Waals surface area (Å²) < 4.78 is 0. The molecule has 66 valence electrons. The Bertz CT molecular complexity index is 494. The van der Waals surface area contributed by atoms with Crippen LogP contribution in [0, 0.1) is 0 Å². The zero-order valence-corrected chi connectivity index (χ0v) is 8.42. The van der Waals surface area contributed by atoms with Gasteiger partial charge in [0.1, 0.15) is 0 Å². The van der Waals surface area contributed by atoms with Crippen molar-refractivity contribution in [1.29, 1.82) is 0 Å². The fourth-order valence-electron chi connectivity index (χ4n) is 1.75. The van der Waals surface area contributed by atoms with Crippen LogP contribution in [0.25, 0.3) is 21.5 Å². The van der Waals surface area contributed by atoms with Gasteiger partial charge >= 0.3 is 0 Å². The van der Waals surface area contributed by atoms with Crippen molar-refractivity contribution in [2.75, 3.05) is 0 Å². The Morgan fingerprint density at radius 3 is 2.14 bits per heavy atom. The van der Waals surface area contributed by atoms with Crippen LogP contribution in [0.2, 0.25) is 0 Å². The molecule has 1 heteroatoms. The molecule has 1 aromatic heterocycles. The summed E-state index contributed by atoms with van der Waals surface area (Å²) in [6.07, 6.45) is 0. The molecule has 0 atom stereocenters. The summed E-state index contributed by atoms with van der Waals surface area (Å²) in [4.78, 5) is 0. The van der Waals surface area contributed by atoms with Crippen LogP contribution in [0.15, 0.2) is 53.2 Å². The summed E-state index contributed by atoms with van der Waals surface area (Å²) in [5.41, 5.74) is 0. The average molecular weight is 197 g/mol. The third-order valence-corrected chi connectivity index (χ3v) is 3.16. The molecule has 3 aromatic rings. The smallest absolute Gasteiger partial charge is 0.0616 e. The van der Waals surface area contributed by atoms with Crippen LogP contribution >= 0.6 is 11.3 Å². The van der Waals surface area contributed by atoms with Gasteiger partial charge in [-0.1, -0.05) is 24.3 Å². The van der Waals surface area contributed by atoms with Gasteiger partial charge < -0.3 is 0 Å². The molecule has 14 heavy (non-hydrogen) atoms. The van der Waals surface area contributed by atoms with Crippen molar-refractivity contribution >= 4 is 32.9 Å². The van der Waals surface area contributed by atoms with Crippen molar-refractivity contribution in [2.45, 2.75) is 0 Å². The maximum absolute atomic E-state index is 2.25. The predicted molar refractivity (Wildman–Crippen MR) is 63.7 cm³/mol. The zero-order chi connectivity index (χ0) is 9.38. The molecule has 0 unspecified atom stereocenters. The standard InChI is InChI=1S/C13H9S/c1-2-4-11-8-13-9-14-6-5-12(13)7-10(11)3-1/h1-9H/q+1. The number of fused-ring (bicyclic) bond motifs is 2. The van der Waals surface area contributed by atoms with Crippen LogP contribution in [0.5, 0.6) is 0 Å². The van der Waals surface area contributed by atoms with E-state index in [4.69, 9.17) is 0 Å². The monoisotopic (exact) mass is 197 g/mol. The zero-order valence-electron chi connectivity index (χ0n) is 7.60. The Labute approximate surface area is 86.4 Å². The van der Waals surface area contributed by atoms with E-state index in [1.807, 2.05) is 0 Å². The number of hydrogen-bond donors (Lipinski definition) is 0. The van der Waals surface area contributed by atoms with Crippen molar-refractivity contribution in [3.05, 3.63) is 53.2 Å². The summed E-state index contributed by atoms with van der Waals surface area (Å²) in [6.45, 7) is 0. The van der Waals surface area contributed by atoms with E-state index >= 15 is 0 Å². The van der Waals surface area contributed by atoms with E-state index in [2.05, 4.69) is 53.2 Å². The Hall–Kier alpha value is -1.47. The Morgan fingerprint density at radius 1 is 0.714 bits per heavy atom. The van der Waals surface area contributed by atoms with Crippen LogP contribution < -0.4 is 0 Å². The lowest BCUT2D eigenvalue weighted by molar-refractivity contribution is 1.80. The summed E-state index contributed by atoms with van der Waals surface area (Å²) >= 11 is 1.74. The number of benzene rings is 2. The first-order chi connectivity index (χ1) is 6.93. The first-order valence-corrected chi connectivity index (χ1v) is 5.56. The van der Waals surface area contributed by atoms with Gasteiger partial charge in [0, 0.05) is 11.5 Å². The van der Waals surface area contributed by atoms with Crippen molar-refractivity contribution < 1.29 is 0 Å². The molecule has 1 heterocycles. The quantitative estimate of drug-likeness (QED) is 0.371. The van der Waals surface area contributed by atoms with Crippen molar-refractivity contribution in [3.63, 3.8) is 0 Å². The van der Waals surface area contributed by atoms with Crippen LogP contribution in [-0.4, -0.2) is 0 Å². The van der Waals surface area contributed by atoms with Crippen molar-refractivity contribution in [2.24, 2.45) is 0 Å². The van der Waals surface area contributed by atoms with Gasteiger partial charge in [0.15, 0.2) is 5.38 Å². The molecule has 0 bridgehead atoms. The van der Waals surface area contributed by atoms with Gasteiger partial charge in [-0.3, -0.25) is 0 Å². The second-order valence-electron chi connectivity index (χ2n) is 3.38. The molecule has 0 aliphatic rings. The van der Waals surface area contributed by atoms with Crippen LogP contribution in [0.1, 0.15) is 0 Å². The molecular weight excluding hydrogens is 188 g/mol. The largest absolute Gasteiger partial charge is 0.212 e. The molecule has 0 N–H and O–H groups in total. The van der Waals surface area contributed by atoms with E-state index < -0.39 is 0 Å². The third-order valence-electron chi connectivity index (χ3n) is 2.47. The van der Waals surface area contributed by atoms with E-state index in [9.17, 15) is 0 Å². The van der Waals surface area contributed by atoms with Gasteiger partial charge in [-0.2, -0.15) is 0 Å². The molecule has 0 saturated carbocycles. The molecule has 0 saturated heterocycles. The normalized spacial score (nSPS) is 10.9. The van der Waals surface area contributed by atoms with Crippen LogP contribution in [0.4, 0.5) is 0 Å². The molecule has 0 fully saturated rings. The molecule has 2 aromatic carbocycles. The minimum atomic E-state index is 1.32. The van der Waals surface area contributed by atoms with Crippen LogP contribution in [-0.2, 0) is 0 Å². The molecule has 0 amide bonds. The summed E-state index contributed by atoms with van der Waals surface area (Å²) in [7, 11) is 0. The first-order valence-electron chi connectivity index (χ1n) is 4.61. The summed E-state index contributed by atoms with van der Waals surface area (Å²) in [5, 5.41) is 9.60. The van der Waals surface area contributed by atoms with E-state index in [0.717, 1.165) is 0 Å². The molecule has 0 aliphatic heterocycles. The Balaban J connectivity index is 2.52. The fraction of sp³-hybridized carbons (Fsp3) is 0. The van der Waals surface area contributed by atoms with Gasteiger partial charge in [0.2, 0.25) is 16.7 Å². The molecule has 0 radical (unpaired) electrons. The fourth-order valence-corrected chi connectivity index (χ4v) is 2.40. The molecular formula is C13H9S+. The summed E-state index contributed by atoms with van der Waals surface area (Å²) in [6, 6.07) is 15.2. The molecule has 0 spiro atoms. The lowest BCUT2D eigenvalue weighted by Crippen LogP contribution is -1.73. The average Bonchev–Trinajstić information content (AvgIpc) is 2.26. The first kappa shape index (κ1) is 7.89. The number of rotatable bonds is 0. The maximum atomic E-state index is 2.25. The second-order valence-corrected chi connectivity index (χ2v) is 4.16. The van der Waals surface area contributed by atoms with Gasteiger partial charge in [-0.15, -0.1) is 0 Å².